The van der Waals surface area contributed by atoms with Gasteiger partial charge in [-0.3, -0.25) is 9.59 Å². The molecule has 1 aromatic heterocycles. The molecule has 1 heterocycles. The van der Waals surface area contributed by atoms with E-state index in [4.69, 9.17) is 0 Å². The predicted molar refractivity (Wildman–Crippen MR) is 47.3 cm³/mol. The van der Waals surface area contributed by atoms with E-state index in [1.807, 2.05) is 0 Å². The number of hydrogen-bond donors (Lipinski definition) is 0. The van der Waals surface area contributed by atoms with Crippen LogP contribution < -0.4 is 0 Å². The number of Topliss-reactive ketones (excluding diaryl/α,β-unsaturated/α-hetero) is 1. The Hall–Kier alpha value is -1.16. The molecule has 0 aliphatic heterocycles. The van der Waals surface area contributed by atoms with Gasteiger partial charge in [0.2, 0.25) is 0 Å². The van der Waals surface area contributed by atoms with E-state index in [0.717, 1.165) is 0 Å². The Balaban J connectivity index is 2.80. The van der Waals surface area contributed by atoms with Crippen molar-refractivity contribution in [2.45, 2.75) is 0 Å². The summed E-state index contributed by atoms with van der Waals surface area (Å²) in [5.74, 6) is -0.922. The zero-order valence-corrected chi connectivity index (χ0v) is 7.72. The molecule has 0 unspecified atom stereocenters. The molecule has 0 fully saturated rings. The average molecular weight is 183 g/mol. The third-order valence-corrected chi connectivity index (χ3v) is 2.07. The molecule has 0 aliphatic rings. The Morgan fingerprint density at radius 3 is 2.50 bits per heavy atom. The van der Waals surface area contributed by atoms with Crippen LogP contribution in [0.15, 0.2) is 16.8 Å². The minimum Gasteiger partial charge on any atom is -0.342 e. The molecule has 12 heavy (non-hydrogen) atoms. The minimum atomic E-state index is -0.478. The van der Waals surface area contributed by atoms with E-state index in [-0.39, 0.29) is 0 Å². The molecule has 1 amide bonds. The summed E-state index contributed by atoms with van der Waals surface area (Å²) < 4.78 is 0. The van der Waals surface area contributed by atoms with Gasteiger partial charge in [0.05, 0.1) is 0 Å². The molecule has 0 aliphatic carbocycles. The van der Waals surface area contributed by atoms with E-state index >= 15 is 0 Å². The first-order chi connectivity index (χ1) is 5.63. The van der Waals surface area contributed by atoms with Crippen LogP contribution in [0.1, 0.15) is 10.4 Å². The van der Waals surface area contributed by atoms with Crippen molar-refractivity contribution in [3.8, 4) is 0 Å². The molecule has 0 saturated heterocycles. The van der Waals surface area contributed by atoms with Crippen molar-refractivity contribution < 1.29 is 9.59 Å². The van der Waals surface area contributed by atoms with E-state index in [0.29, 0.717) is 5.56 Å². The Labute approximate surface area is 74.6 Å². The third-order valence-electron chi connectivity index (χ3n) is 1.38. The van der Waals surface area contributed by atoms with E-state index in [2.05, 4.69) is 0 Å². The van der Waals surface area contributed by atoms with Crippen molar-refractivity contribution in [2.24, 2.45) is 0 Å². The Bertz CT molecular complexity index is 290. The summed E-state index contributed by atoms with van der Waals surface area (Å²) in [4.78, 5) is 23.7. The number of nitrogens with zero attached hydrogens (tertiary/aromatic N) is 1. The van der Waals surface area contributed by atoms with E-state index in [9.17, 15) is 9.59 Å². The first-order valence-corrected chi connectivity index (χ1v) is 4.35. The molecule has 1 aromatic rings. The van der Waals surface area contributed by atoms with Crippen molar-refractivity contribution in [1.82, 2.24) is 4.90 Å². The van der Waals surface area contributed by atoms with Crippen LogP contribution in [0.3, 0.4) is 0 Å². The summed E-state index contributed by atoms with van der Waals surface area (Å²) in [6, 6.07) is 1.65. The summed E-state index contributed by atoms with van der Waals surface area (Å²) in [6.45, 7) is 0. The molecule has 0 N–H and O–H groups in total. The topological polar surface area (TPSA) is 37.4 Å². The Morgan fingerprint density at radius 2 is 2.08 bits per heavy atom. The van der Waals surface area contributed by atoms with Crippen LogP contribution >= 0.6 is 11.3 Å². The van der Waals surface area contributed by atoms with Gasteiger partial charge in [-0.2, -0.15) is 11.3 Å². The number of hydrogen-bond acceptors (Lipinski definition) is 3. The van der Waals surface area contributed by atoms with Gasteiger partial charge in [0.25, 0.3) is 11.7 Å². The molecular formula is C8H9NO2S. The second-order valence-corrected chi connectivity index (χ2v) is 3.32. The highest BCUT2D eigenvalue weighted by molar-refractivity contribution is 7.08. The fourth-order valence-electron chi connectivity index (χ4n) is 0.720. The number of amides is 1. The molecular weight excluding hydrogens is 174 g/mol. The van der Waals surface area contributed by atoms with Gasteiger partial charge in [0.1, 0.15) is 0 Å². The van der Waals surface area contributed by atoms with Crippen molar-refractivity contribution in [1.29, 1.82) is 0 Å². The second kappa shape index (κ2) is 3.49. The van der Waals surface area contributed by atoms with E-state index in [1.165, 1.54) is 16.2 Å². The van der Waals surface area contributed by atoms with Crippen LogP contribution in [0, 0.1) is 0 Å². The zero-order valence-electron chi connectivity index (χ0n) is 6.90. The number of rotatable bonds is 2. The van der Waals surface area contributed by atoms with Crippen LogP contribution in [0.5, 0.6) is 0 Å². The molecule has 0 aromatic carbocycles. The van der Waals surface area contributed by atoms with Gasteiger partial charge in [-0.25, -0.2) is 0 Å². The van der Waals surface area contributed by atoms with E-state index < -0.39 is 11.7 Å². The molecule has 64 valence electrons. The van der Waals surface area contributed by atoms with Gasteiger partial charge in [0.15, 0.2) is 0 Å². The largest absolute Gasteiger partial charge is 0.342 e. The maximum absolute atomic E-state index is 11.3. The van der Waals surface area contributed by atoms with Gasteiger partial charge in [-0.1, -0.05) is 0 Å². The summed E-state index contributed by atoms with van der Waals surface area (Å²) in [5.41, 5.74) is 0.471. The van der Waals surface area contributed by atoms with Crippen molar-refractivity contribution in [3.05, 3.63) is 22.4 Å². The van der Waals surface area contributed by atoms with Crippen LogP contribution in [-0.4, -0.2) is 30.7 Å². The third kappa shape index (κ3) is 1.71. The SMILES string of the molecule is CN(C)C(=O)C(=O)c1ccsc1. The molecule has 0 bridgehead atoms. The summed E-state index contributed by atoms with van der Waals surface area (Å²) >= 11 is 1.41. The fourth-order valence-corrected chi connectivity index (χ4v) is 1.36. The summed E-state index contributed by atoms with van der Waals surface area (Å²) in [5, 5.41) is 3.44. The molecule has 3 nitrogen and oxygen atoms in total. The normalized spacial score (nSPS) is 9.50. The van der Waals surface area contributed by atoms with Gasteiger partial charge in [-0.15, -0.1) is 0 Å². The number of thiophene rings is 1. The number of likely N-dealkylation sites (N-methyl/N-ethyl adjacent to an activating group) is 1. The molecule has 0 radical (unpaired) electrons. The van der Waals surface area contributed by atoms with E-state index in [1.54, 1.807) is 30.9 Å². The zero-order chi connectivity index (χ0) is 9.14. The first kappa shape index (κ1) is 8.93. The summed E-state index contributed by atoms with van der Waals surface area (Å²) in [7, 11) is 3.12. The maximum atomic E-state index is 11.3. The highest BCUT2D eigenvalue weighted by Gasteiger charge is 2.17. The quantitative estimate of drug-likeness (QED) is 0.507. The van der Waals surface area contributed by atoms with Crippen molar-refractivity contribution >= 4 is 23.0 Å². The summed E-state index contributed by atoms with van der Waals surface area (Å²) in [6.07, 6.45) is 0. The maximum Gasteiger partial charge on any atom is 0.294 e. The molecule has 0 atom stereocenters. The number of ketones is 1. The number of carbonyl (C=O) groups excluding carboxylic acids is 2. The molecule has 4 heteroatoms. The molecule has 0 saturated carbocycles. The van der Waals surface area contributed by atoms with Gasteiger partial charge >= 0.3 is 0 Å². The Morgan fingerprint density at radius 1 is 1.42 bits per heavy atom. The standard InChI is InChI=1S/C8H9NO2S/c1-9(2)8(11)7(10)6-3-4-12-5-6/h3-5H,1-2H3. The van der Waals surface area contributed by atoms with Gasteiger partial charge < -0.3 is 4.90 Å². The van der Waals surface area contributed by atoms with Gasteiger partial charge in [0, 0.05) is 25.0 Å². The van der Waals surface area contributed by atoms with Crippen molar-refractivity contribution in [2.75, 3.05) is 14.1 Å². The van der Waals surface area contributed by atoms with Crippen LogP contribution in [0.4, 0.5) is 0 Å². The molecule has 0 spiro atoms. The first-order valence-electron chi connectivity index (χ1n) is 3.41. The molecule has 1 rings (SSSR count). The van der Waals surface area contributed by atoms with Crippen LogP contribution in [0.25, 0.3) is 0 Å². The van der Waals surface area contributed by atoms with Crippen LogP contribution in [-0.2, 0) is 4.79 Å². The Kier molecular flexibility index (Phi) is 2.60. The number of carbonyl (C=O) groups is 2. The predicted octanol–water partition coefficient (Wildman–Crippen LogP) is 1.02. The second-order valence-electron chi connectivity index (χ2n) is 2.54. The van der Waals surface area contributed by atoms with Crippen molar-refractivity contribution in [3.63, 3.8) is 0 Å². The lowest BCUT2D eigenvalue weighted by molar-refractivity contribution is -0.124. The minimum absolute atomic E-state index is 0.443. The lowest BCUT2D eigenvalue weighted by atomic mass is 10.2. The fraction of sp³-hybridized carbons (Fsp3) is 0.250. The average Bonchev–Trinajstić information content (AvgIpc) is 2.53. The monoisotopic (exact) mass is 183 g/mol. The lowest BCUT2D eigenvalue weighted by Crippen LogP contribution is -2.29. The lowest BCUT2D eigenvalue weighted by Gasteiger charge is -2.06. The highest BCUT2D eigenvalue weighted by Crippen LogP contribution is 2.07. The highest BCUT2D eigenvalue weighted by atomic mass is 32.1. The van der Waals surface area contributed by atoms with Crippen LogP contribution in [0.2, 0.25) is 0 Å². The smallest absolute Gasteiger partial charge is 0.294 e. The van der Waals surface area contributed by atoms with Gasteiger partial charge in [-0.05, 0) is 11.4 Å².